The Labute approximate surface area is 127 Å². The number of carbonyl (C=O) groups excluding carboxylic acids is 1. The van der Waals surface area contributed by atoms with Gasteiger partial charge in [-0.05, 0) is 12.1 Å². The lowest BCUT2D eigenvalue weighted by Crippen LogP contribution is -2.43. The predicted octanol–water partition coefficient (Wildman–Crippen LogP) is 1.88. The van der Waals surface area contributed by atoms with Crippen LogP contribution in [-0.2, 0) is 9.59 Å². The van der Waals surface area contributed by atoms with Crippen molar-refractivity contribution in [2.24, 2.45) is 0 Å². The van der Waals surface area contributed by atoms with Gasteiger partial charge < -0.3 is 10.4 Å². The maximum Gasteiger partial charge on any atom is 0.328 e. The molecule has 2 N–H and O–H groups in total. The Morgan fingerprint density at radius 2 is 2.19 bits per heavy atom. The van der Waals surface area contributed by atoms with Gasteiger partial charge in [0.05, 0.1) is 15.6 Å². The molecule has 0 fully saturated rings. The first-order chi connectivity index (χ1) is 9.85. The molecular weight excluding hydrogens is 327 g/mol. The lowest BCUT2D eigenvalue weighted by molar-refractivity contribution is -0.387. The third-order valence-corrected chi connectivity index (χ3v) is 3.56. The molecule has 1 rings (SSSR count). The second-order valence-electron chi connectivity index (χ2n) is 3.77. The van der Waals surface area contributed by atoms with Crippen molar-refractivity contribution in [3.63, 3.8) is 0 Å². The van der Waals surface area contributed by atoms with Crippen molar-refractivity contribution in [2.75, 3.05) is 12.4 Å². The molecule has 0 aromatic heterocycles. The number of aliphatic carboxylic acids is 1. The molecule has 0 aliphatic heterocycles. The number of amides is 1. The molecule has 0 heterocycles. The maximum atomic E-state index is 12.3. The monoisotopic (exact) mass is 336 g/mol. The number of thioether (sulfide) groups is 1. The molecule has 0 radical (unpaired) electrons. The number of rotatable bonds is 7. The van der Waals surface area contributed by atoms with Crippen LogP contribution < -0.4 is 5.32 Å². The number of benzene rings is 1. The van der Waals surface area contributed by atoms with Crippen LogP contribution in [0.4, 0.5) is 10.1 Å². The highest BCUT2D eigenvalue weighted by molar-refractivity contribution is 8.00. The summed E-state index contributed by atoms with van der Waals surface area (Å²) in [6.07, 6.45) is 0. The largest absolute Gasteiger partial charge is 0.480 e. The van der Waals surface area contributed by atoms with Crippen molar-refractivity contribution in [1.82, 2.24) is 5.32 Å². The van der Waals surface area contributed by atoms with Gasteiger partial charge in [-0.1, -0.05) is 11.6 Å². The topological polar surface area (TPSA) is 110 Å². The molecule has 0 spiro atoms. The van der Waals surface area contributed by atoms with Crippen molar-refractivity contribution in [1.29, 1.82) is 0 Å². The van der Waals surface area contributed by atoms with Crippen LogP contribution in [0.15, 0.2) is 23.1 Å². The summed E-state index contributed by atoms with van der Waals surface area (Å²) in [7, 11) is 0. The maximum absolute atomic E-state index is 12.3. The van der Waals surface area contributed by atoms with Crippen LogP contribution in [0.1, 0.15) is 0 Å². The summed E-state index contributed by atoms with van der Waals surface area (Å²) in [5, 5.41) is 21.6. The first-order valence-corrected chi connectivity index (χ1v) is 6.86. The van der Waals surface area contributed by atoms with E-state index >= 15 is 0 Å². The Morgan fingerprint density at radius 3 is 2.71 bits per heavy atom. The number of hydrogen-bond acceptors (Lipinski definition) is 5. The van der Waals surface area contributed by atoms with E-state index in [1.54, 1.807) is 0 Å². The van der Waals surface area contributed by atoms with Crippen molar-refractivity contribution in [3.05, 3.63) is 33.3 Å². The summed E-state index contributed by atoms with van der Waals surface area (Å²) in [6.45, 7) is -1.24. The highest BCUT2D eigenvalue weighted by atomic mass is 35.5. The second kappa shape index (κ2) is 7.79. The minimum absolute atomic E-state index is 0.180. The quantitative estimate of drug-likeness (QED) is 0.447. The van der Waals surface area contributed by atoms with Crippen molar-refractivity contribution >= 4 is 40.9 Å². The van der Waals surface area contributed by atoms with Gasteiger partial charge in [-0.15, -0.1) is 11.8 Å². The number of nitrogens with one attached hydrogen (secondary N) is 1. The van der Waals surface area contributed by atoms with Crippen LogP contribution in [0.3, 0.4) is 0 Å². The normalized spacial score (nSPS) is 11.7. The number of carbonyl (C=O) groups is 2. The van der Waals surface area contributed by atoms with Crippen LogP contribution in [0.25, 0.3) is 0 Å². The van der Waals surface area contributed by atoms with Crippen LogP contribution in [0.5, 0.6) is 0 Å². The molecule has 114 valence electrons. The van der Waals surface area contributed by atoms with E-state index in [0.29, 0.717) is 0 Å². The van der Waals surface area contributed by atoms with Crippen LogP contribution >= 0.6 is 23.4 Å². The fraction of sp³-hybridized carbons (Fsp3) is 0.273. The smallest absolute Gasteiger partial charge is 0.328 e. The lowest BCUT2D eigenvalue weighted by Gasteiger charge is -2.10. The molecule has 21 heavy (non-hydrogen) atoms. The first-order valence-electron chi connectivity index (χ1n) is 5.50. The standard InChI is InChI=1S/C11H10ClFN2O5S/c12-6-1-2-9(8(3-6)15(19)20)21-5-10(16)14-7(4-13)11(17)18/h1-3,7H,4-5H2,(H,14,16)(H,17,18). The zero-order valence-electron chi connectivity index (χ0n) is 10.4. The Hall–Kier alpha value is -1.87. The average Bonchev–Trinajstić information content (AvgIpc) is 2.42. The molecule has 0 aliphatic carbocycles. The highest BCUT2D eigenvalue weighted by Crippen LogP contribution is 2.31. The Bertz CT molecular complexity index is 572. The molecule has 1 aromatic carbocycles. The molecule has 1 aromatic rings. The number of nitrogens with zero attached hydrogens (tertiary/aromatic N) is 1. The van der Waals surface area contributed by atoms with Gasteiger partial charge in [0.15, 0.2) is 6.04 Å². The number of carboxylic acid groups (broad SMARTS) is 1. The molecule has 1 unspecified atom stereocenters. The van der Waals surface area contributed by atoms with Gasteiger partial charge in [0.1, 0.15) is 6.67 Å². The van der Waals surface area contributed by atoms with Crippen LogP contribution in [0.2, 0.25) is 5.02 Å². The van der Waals surface area contributed by atoms with Crippen LogP contribution in [-0.4, -0.2) is 40.4 Å². The van der Waals surface area contributed by atoms with E-state index in [2.05, 4.69) is 0 Å². The van der Waals surface area contributed by atoms with Gasteiger partial charge in [-0.3, -0.25) is 14.9 Å². The van der Waals surface area contributed by atoms with Gasteiger partial charge in [0.2, 0.25) is 5.91 Å². The number of carboxylic acids is 1. The number of nitro groups is 1. The van der Waals surface area contributed by atoms with E-state index in [1.165, 1.54) is 12.1 Å². The number of nitro benzene ring substituents is 1. The van der Waals surface area contributed by atoms with Gasteiger partial charge in [0.25, 0.3) is 5.69 Å². The molecule has 1 amide bonds. The van der Waals surface area contributed by atoms with E-state index in [9.17, 15) is 24.1 Å². The third kappa shape index (κ3) is 5.20. The summed E-state index contributed by atoms with van der Waals surface area (Å²) >= 11 is 6.47. The van der Waals surface area contributed by atoms with Gasteiger partial charge in [-0.2, -0.15) is 0 Å². The van der Waals surface area contributed by atoms with Crippen molar-refractivity contribution in [2.45, 2.75) is 10.9 Å². The molecule has 7 nitrogen and oxygen atoms in total. The molecule has 10 heteroatoms. The van der Waals surface area contributed by atoms with E-state index in [1.807, 2.05) is 5.32 Å². The van der Waals surface area contributed by atoms with Crippen LogP contribution in [0, 0.1) is 10.1 Å². The fourth-order valence-corrected chi connectivity index (χ4v) is 2.28. The van der Waals surface area contributed by atoms with Gasteiger partial charge in [-0.25, -0.2) is 9.18 Å². The van der Waals surface area contributed by atoms with Crippen molar-refractivity contribution in [3.8, 4) is 0 Å². The Morgan fingerprint density at radius 1 is 1.52 bits per heavy atom. The predicted molar refractivity (Wildman–Crippen MR) is 74.4 cm³/mol. The Kier molecular flexibility index (Phi) is 6.38. The van der Waals surface area contributed by atoms with E-state index < -0.39 is 29.5 Å². The minimum atomic E-state index is -1.63. The number of halogens is 2. The van der Waals surface area contributed by atoms with Crippen molar-refractivity contribution < 1.29 is 24.0 Å². The number of hydrogen-bond donors (Lipinski definition) is 2. The second-order valence-corrected chi connectivity index (χ2v) is 5.22. The zero-order chi connectivity index (χ0) is 16.0. The summed E-state index contributed by atoms with van der Waals surface area (Å²) in [6, 6.07) is 2.32. The summed E-state index contributed by atoms with van der Waals surface area (Å²) in [4.78, 5) is 32.4. The van der Waals surface area contributed by atoms with Gasteiger partial charge in [0, 0.05) is 11.1 Å². The SMILES string of the molecule is O=C(CSc1ccc(Cl)cc1[N+](=O)[O-])NC(CF)C(=O)O. The van der Waals surface area contributed by atoms with E-state index in [0.717, 1.165) is 17.8 Å². The lowest BCUT2D eigenvalue weighted by atomic mass is 10.3. The first kappa shape index (κ1) is 17.2. The van der Waals surface area contributed by atoms with E-state index in [4.69, 9.17) is 16.7 Å². The fourth-order valence-electron chi connectivity index (χ4n) is 1.30. The summed E-state index contributed by atoms with van der Waals surface area (Å²) < 4.78 is 12.3. The molecule has 0 bridgehead atoms. The molecular formula is C11H10ClFN2O5S. The minimum Gasteiger partial charge on any atom is -0.480 e. The Balaban J connectivity index is 2.69. The highest BCUT2D eigenvalue weighted by Gasteiger charge is 2.21. The molecule has 0 saturated heterocycles. The molecule has 1 atom stereocenters. The zero-order valence-corrected chi connectivity index (χ0v) is 12.0. The van der Waals surface area contributed by atoms with Gasteiger partial charge >= 0.3 is 5.97 Å². The summed E-state index contributed by atoms with van der Waals surface area (Å²) in [5.41, 5.74) is -0.263. The average molecular weight is 337 g/mol. The molecule has 0 aliphatic rings. The van der Waals surface area contributed by atoms with E-state index in [-0.39, 0.29) is 21.4 Å². The number of alkyl halides is 1. The summed E-state index contributed by atoms with van der Waals surface area (Å²) in [5.74, 6) is -2.52. The third-order valence-electron chi connectivity index (χ3n) is 2.26. The molecule has 0 saturated carbocycles.